The molecule has 3 rings (SSSR count). The van der Waals surface area contributed by atoms with Crippen LogP contribution in [0.15, 0.2) is 23.8 Å². The molecule has 1 saturated carbocycles. The first kappa shape index (κ1) is 9.94. The molecule has 3 unspecified atom stereocenters. The van der Waals surface area contributed by atoms with Gasteiger partial charge in [0.25, 0.3) is 0 Å². The van der Waals surface area contributed by atoms with Crippen molar-refractivity contribution >= 4 is 0 Å². The Hall–Kier alpha value is -0.600. The van der Waals surface area contributed by atoms with Crippen molar-refractivity contribution in [3.63, 3.8) is 0 Å². The van der Waals surface area contributed by atoms with Crippen LogP contribution in [-0.2, 0) is 4.74 Å². The molecule has 3 aliphatic carbocycles. The highest BCUT2D eigenvalue weighted by Gasteiger charge is 2.53. The van der Waals surface area contributed by atoms with Gasteiger partial charge in [0.05, 0.1) is 0 Å². The average molecular weight is 194 g/mol. The summed E-state index contributed by atoms with van der Waals surface area (Å²) in [7, 11) is 1.66. The zero-order valence-electron chi connectivity index (χ0n) is 9.13. The molecule has 0 saturated heterocycles. The molecule has 2 bridgehead atoms. The molecule has 1 fully saturated rings. The molecule has 0 radical (unpaired) electrons. The molecule has 1 N–H and O–H groups in total. The van der Waals surface area contributed by atoms with Gasteiger partial charge in [0.1, 0.15) is 11.7 Å². The maximum Gasteiger partial charge on any atom is 0.116 e. The summed E-state index contributed by atoms with van der Waals surface area (Å²) in [5, 5.41) is 10.1. The van der Waals surface area contributed by atoms with Gasteiger partial charge < -0.3 is 9.84 Å². The van der Waals surface area contributed by atoms with Gasteiger partial charge in [0, 0.05) is 12.5 Å². The third kappa shape index (κ3) is 0.931. The van der Waals surface area contributed by atoms with E-state index in [9.17, 15) is 5.11 Å². The first-order valence-electron chi connectivity index (χ1n) is 5.09. The lowest BCUT2D eigenvalue weighted by Gasteiger charge is -2.53. The molecule has 0 amide bonds. The van der Waals surface area contributed by atoms with Crippen molar-refractivity contribution < 1.29 is 9.84 Å². The lowest BCUT2D eigenvalue weighted by molar-refractivity contribution is -0.0936. The third-order valence-electron chi connectivity index (χ3n) is 4.23. The van der Waals surface area contributed by atoms with Crippen molar-refractivity contribution in [2.45, 2.75) is 38.4 Å². The molecular weight excluding hydrogens is 176 g/mol. The second kappa shape index (κ2) is 2.71. The molecule has 0 aliphatic heterocycles. The van der Waals surface area contributed by atoms with Gasteiger partial charge >= 0.3 is 0 Å². The Balaban J connectivity index is 2.55. The van der Waals surface area contributed by atoms with Gasteiger partial charge in [-0.25, -0.2) is 0 Å². The molecule has 2 heteroatoms. The smallest absolute Gasteiger partial charge is 0.116 e. The first-order chi connectivity index (χ1) is 6.46. The number of allylic oxidation sites excluding steroid dienone is 1. The molecule has 3 atom stereocenters. The lowest BCUT2D eigenvalue weighted by atomic mass is 9.56. The van der Waals surface area contributed by atoms with E-state index in [1.54, 1.807) is 7.11 Å². The standard InChI is InChI=1S/C12H18O2/c1-8-7-12(14-4)6-5-11(8,3)9(2)10(12)13/h7,10,13H,2,5-6H2,1,3-4H3. The minimum absolute atomic E-state index is 0.0142. The summed E-state index contributed by atoms with van der Waals surface area (Å²) >= 11 is 0. The van der Waals surface area contributed by atoms with Crippen molar-refractivity contribution in [1.82, 2.24) is 0 Å². The molecule has 3 aliphatic rings. The highest BCUT2D eigenvalue weighted by Crippen LogP contribution is 2.55. The van der Waals surface area contributed by atoms with Crippen LogP contribution in [0, 0.1) is 5.41 Å². The Morgan fingerprint density at radius 3 is 2.71 bits per heavy atom. The Morgan fingerprint density at radius 2 is 2.21 bits per heavy atom. The molecule has 0 spiro atoms. The van der Waals surface area contributed by atoms with Crippen LogP contribution in [0.2, 0.25) is 0 Å². The van der Waals surface area contributed by atoms with Crippen LogP contribution >= 0.6 is 0 Å². The van der Waals surface area contributed by atoms with Crippen LogP contribution in [0.3, 0.4) is 0 Å². The molecule has 0 aromatic carbocycles. The maximum absolute atomic E-state index is 10.1. The summed E-state index contributed by atoms with van der Waals surface area (Å²) < 4.78 is 5.48. The molecule has 0 aromatic rings. The monoisotopic (exact) mass is 194 g/mol. The first-order valence-corrected chi connectivity index (χ1v) is 5.09. The van der Waals surface area contributed by atoms with E-state index in [2.05, 4.69) is 26.5 Å². The van der Waals surface area contributed by atoms with E-state index >= 15 is 0 Å². The van der Waals surface area contributed by atoms with Crippen LogP contribution in [0.1, 0.15) is 26.7 Å². The number of aliphatic hydroxyl groups is 1. The average Bonchev–Trinajstić information content (AvgIpc) is 2.18. The summed E-state index contributed by atoms with van der Waals surface area (Å²) in [4.78, 5) is 0. The summed E-state index contributed by atoms with van der Waals surface area (Å²) in [6.45, 7) is 8.28. The van der Waals surface area contributed by atoms with Crippen molar-refractivity contribution in [2.75, 3.05) is 7.11 Å². The van der Waals surface area contributed by atoms with Gasteiger partial charge in [-0.2, -0.15) is 0 Å². The predicted octanol–water partition coefficient (Wildman–Crippen LogP) is 2.05. The zero-order valence-corrected chi connectivity index (χ0v) is 9.13. The van der Waals surface area contributed by atoms with Crippen LogP contribution in [-0.4, -0.2) is 23.9 Å². The van der Waals surface area contributed by atoms with Gasteiger partial charge in [-0.1, -0.05) is 25.2 Å². The number of fused-ring (bicyclic) bond motifs is 2. The Morgan fingerprint density at radius 1 is 1.57 bits per heavy atom. The van der Waals surface area contributed by atoms with Gasteiger partial charge in [-0.3, -0.25) is 0 Å². The van der Waals surface area contributed by atoms with Gasteiger partial charge in [0.15, 0.2) is 0 Å². The maximum atomic E-state index is 10.1. The van der Waals surface area contributed by atoms with E-state index in [0.717, 1.165) is 18.4 Å². The normalized spacial score (nSPS) is 46.7. The van der Waals surface area contributed by atoms with Crippen LogP contribution in [0.25, 0.3) is 0 Å². The van der Waals surface area contributed by atoms with Gasteiger partial charge in [-0.05, 0) is 25.3 Å². The largest absolute Gasteiger partial charge is 0.385 e. The number of hydrogen-bond donors (Lipinski definition) is 1. The van der Waals surface area contributed by atoms with Crippen LogP contribution in [0.4, 0.5) is 0 Å². The van der Waals surface area contributed by atoms with E-state index in [-0.39, 0.29) is 5.41 Å². The highest BCUT2D eigenvalue weighted by atomic mass is 16.5. The highest BCUT2D eigenvalue weighted by molar-refractivity contribution is 5.42. The molecule has 14 heavy (non-hydrogen) atoms. The Kier molecular flexibility index (Phi) is 1.92. The Labute approximate surface area is 85.3 Å². The second-order valence-corrected chi connectivity index (χ2v) is 4.75. The molecule has 2 nitrogen and oxygen atoms in total. The van der Waals surface area contributed by atoms with Crippen LogP contribution < -0.4 is 0 Å². The predicted molar refractivity (Wildman–Crippen MR) is 56.0 cm³/mol. The number of aliphatic hydroxyl groups excluding tert-OH is 1. The number of hydrogen-bond acceptors (Lipinski definition) is 2. The SMILES string of the molecule is C=C1C(O)C2(OC)C=C(C)C1(C)CC2. The summed E-state index contributed by atoms with van der Waals surface area (Å²) in [6, 6.07) is 0. The number of rotatable bonds is 1. The number of methoxy groups -OCH3 is 1. The van der Waals surface area contributed by atoms with E-state index in [0.29, 0.717) is 0 Å². The second-order valence-electron chi connectivity index (χ2n) is 4.75. The van der Waals surface area contributed by atoms with Crippen molar-refractivity contribution in [3.8, 4) is 0 Å². The quantitative estimate of drug-likeness (QED) is 0.647. The van der Waals surface area contributed by atoms with E-state index in [1.807, 2.05) is 0 Å². The fourth-order valence-electron chi connectivity index (χ4n) is 2.74. The summed E-state index contributed by atoms with van der Waals surface area (Å²) in [5.41, 5.74) is 1.67. The Bertz CT molecular complexity index is 318. The molecule has 0 heterocycles. The lowest BCUT2D eigenvalue weighted by Crippen LogP contribution is -2.55. The van der Waals surface area contributed by atoms with E-state index in [4.69, 9.17) is 4.74 Å². The van der Waals surface area contributed by atoms with Crippen molar-refractivity contribution in [3.05, 3.63) is 23.8 Å². The summed E-state index contributed by atoms with van der Waals surface area (Å²) in [5.74, 6) is 0. The number of ether oxygens (including phenoxy) is 1. The van der Waals surface area contributed by atoms with E-state index in [1.165, 1.54) is 5.57 Å². The van der Waals surface area contributed by atoms with E-state index < -0.39 is 11.7 Å². The third-order valence-corrected chi connectivity index (χ3v) is 4.23. The fraction of sp³-hybridized carbons (Fsp3) is 0.667. The molecular formula is C12H18O2. The van der Waals surface area contributed by atoms with Crippen molar-refractivity contribution in [2.24, 2.45) is 5.41 Å². The molecule has 78 valence electrons. The zero-order chi connectivity index (χ0) is 10.6. The molecule has 0 aromatic heterocycles. The van der Waals surface area contributed by atoms with Crippen LogP contribution in [0.5, 0.6) is 0 Å². The van der Waals surface area contributed by atoms with Gasteiger partial charge in [0.2, 0.25) is 0 Å². The fourth-order valence-corrected chi connectivity index (χ4v) is 2.74. The van der Waals surface area contributed by atoms with Crippen molar-refractivity contribution in [1.29, 1.82) is 0 Å². The van der Waals surface area contributed by atoms with Gasteiger partial charge in [-0.15, -0.1) is 0 Å². The minimum Gasteiger partial charge on any atom is -0.385 e. The minimum atomic E-state index is -0.546. The topological polar surface area (TPSA) is 29.5 Å². The summed E-state index contributed by atoms with van der Waals surface area (Å²) in [6.07, 6.45) is 3.45.